The molecule has 6 rings (SSSR count). The standard InChI is InChI=1S/C22H21FN8O/c1-11-15(8-26-21-20(11)25-4-5-32-21)14-6-17-16(19(24)18(14)23)9-27-22(30-17)29-12-7-28-31(10-12)13-2-3-13/h6-10,13,25H,2-5,24H2,1H3,(H,27,29,30). The molecule has 4 heterocycles. The number of hydrogen-bond acceptors (Lipinski definition) is 8. The van der Waals surface area contributed by atoms with Crippen LogP contribution in [0.25, 0.3) is 22.0 Å². The Morgan fingerprint density at radius 3 is 2.94 bits per heavy atom. The van der Waals surface area contributed by atoms with Gasteiger partial charge in [-0.15, -0.1) is 0 Å². The fourth-order valence-corrected chi connectivity index (χ4v) is 4.00. The van der Waals surface area contributed by atoms with Crippen molar-refractivity contribution in [2.24, 2.45) is 0 Å². The first-order valence-electron chi connectivity index (χ1n) is 10.5. The van der Waals surface area contributed by atoms with Gasteiger partial charge in [0.05, 0.1) is 29.1 Å². The van der Waals surface area contributed by atoms with Gasteiger partial charge in [0.2, 0.25) is 11.8 Å². The van der Waals surface area contributed by atoms with E-state index in [0.29, 0.717) is 53.1 Å². The molecule has 1 aliphatic carbocycles. The molecule has 0 radical (unpaired) electrons. The maximum absolute atomic E-state index is 15.3. The van der Waals surface area contributed by atoms with Gasteiger partial charge in [0.25, 0.3) is 0 Å². The zero-order valence-corrected chi connectivity index (χ0v) is 17.4. The van der Waals surface area contributed by atoms with Crippen LogP contribution in [0, 0.1) is 12.7 Å². The van der Waals surface area contributed by atoms with Gasteiger partial charge in [-0.3, -0.25) is 4.68 Å². The van der Waals surface area contributed by atoms with E-state index >= 15 is 4.39 Å². The molecule has 162 valence electrons. The van der Waals surface area contributed by atoms with E-state index in [0.717, 1.165) is 29.8 Å². The van der Waals surface area contributed by atoms with E-state index in [-0.39, 0.29) is 5.69 Å². The maximum atomic E-state index is 15.3. The number of nitrogens with one attached hydrogen (secondary N) is 2. The SMILES string of the molecule is Cc1c(-c2cc3nc(Nc4cnn(C5CC5)c4)ncc3c(N)c2F)cnc2c1NCCO2. The molecule has 0 unspecified atom stereocenters. The third-order valence-electron chi connectivity index (χ3n) is 5.88. The summed E-state index contributed by atoms with van der Waals surface area (Å²) < 4.78 is 22.8. The smallest absolute Gasteiger partial charge is 0.237 e. The average Bonchev–Trinajstić information content (AvgIpc) is 3.56. The van der Waals surface area contributed by atoms with Crippen molar-refractivity contribution in [2.45, 2.75) is 25.8 Å². The Bertz CT molecular complexity index is 1360. The number of rotatable bonds is 4. The zero-order valence-electron chi connectivity index (χ0n) is 17.4. The average molecular weight is 432 g/mol. The second-order valence-electron chi connectivity index (χ2n) is 8.10. The Morgan fingerprint density at radius 1 is 1.22 bits per heavy atom. The summed E-state index contributed by atoms with van der Waals surface area (Å²) in [6, 6.07) is 2.17. The van der Waals surface area contributed by atoms with Crippen LogP contribution in [0.4, 0.5) is 27.4 Å². The Kier molecular flexibility index (Phi) is 4.14. The summed E-state index contributed by atoms with van der Waals surface area (Å²) in [5, 5.41) is 11.3. The van der Waals surface area contributed by atoms with Gasteiger partial charge in [-0.1, -0.05) is 0 Å². The lowest BCUT2D eigenvalue weighted by molar-refractivity contribution is 0.310. The Balaban J connectivity index is 1.41. The monoisotopic (exact) mass is 432 g/mol. The lowest BCUT2D eigenvalue weighted by atomic mass is 9.98. The number of anilines is 4. The zero-order chi connectivity index (χ0) is 21.8. The Labute approximate surface area is 182 Å². The molecule has 4 aromatic rings. The second-order valence-corrected chi connectivity index (χ2v) is 8.10. The van der Waals surface area contributed by atoms with Gasteiger partial charge in [-0.05, 0) is 31.4 Å². The summed E-state index contributed by atoms with van der Waals surface area (Å²) in [7, 11) is 0. The minimum Gasteiger partial charge on any atom is -0.474 e. The predicted octanol–water partition coefficient (Wildman–Crippen LogP) is 3.80. The van der Waals surface area contributed by atoms with Gasteiger partial charge in [-0.25, -0.2) is 19.3 Å². The molecule has 0 amide bonds. The summed E-state index contributed by atoms with van der Waals surface area (Å²) in [4.78, 5) is 13.2. The van der Waals surface area contributed by atoms with E-state index in [1.807, 2.05) is 17.8 Å². The summed E-state index contributed by atoms with van der Waals surface area (Å²) in [5.74, 6) is 0.390. The number of aromatic nitrogens is 5. The topological polar surface area (TPSA) is 116 Å². The molecule has 2 aliphatic rings. The van der Waals surface area contributed by atoms with Crippen LogP contribution in [-0.4, -0.2) is 37.9 Å². The summed E-state index contributed by atoms with van der Waals surface area (Å²) in [6.07, 6.45) is 9.13. The van der Waals surface area contributed by atoms with Crippen LogP contribution in [0.15, 0.2) is 30.9 Å². The largest absolute Gasteiger partial charge is 0.474 e. The van der Waals surface area contributed by atoms with Crippen LogP contribution >= 0.6 is 0 Å². The summed E-state index contributed by atoms with van der Waals surface area (Å²) in [5.41, 5.74) is 10.1. The van der Waals surface area contributed by atoms with Crippen LogP contribution in [0.1, 0.15) is 24.4 Å². The van der Waals surface area contributed by atoms with Crippen molar-refractivity contribution in [3.8, 4) is 17.0 Å². The van der Waals surface area contributed by atoms with E-state index in [2.05, 4.69) is 30.7 Å². The highest BCUT2D eigenvalue weighted by molar-refractivity contribution is 5.96. The van der Waals surface area contributed by atoms with Crippen molar-refractivity contribution in [3.63, 3.8) is 0 Å². The molecular weight excluding hydrogens is 411 g/mol. The van der Waals surface area contributed by atoms with Crippen LogP contribution in [0.3, 0.4) is 0 Å². The number of nitrogen functional groups attached to an aromatic ring is 1. The molecule has 1 aromatic carbocycles. The first-order valence-corrected chi connectivity index (χ1v) is 10.5. The molecule has 1 fully saturated rings. The van der Waals surface area contributed by atoms with Crippen molar-refractivity contribution in [3.05, 3.63) is 42.2 Å². The predicted molar refractivity (Wildman–Crippen MR) is 120 cm³/mol. The first kappa shape index (κ1) is 18.8. The van der Waals surface area contributed by atoms with Gasteiger partial charge >= 0.3 is 0 Å². The van der Waals surface area contributed by atoms with E-state index in [4.69, 9.17) is 10.5 Å². The van der Waals surface area contributed by atoms with Crippen molar-refractivity contribution in [2.75, 3.05) is 29.5 Å². The molecule has 0 bridgehead atoms. The van der Waals surface area contributed by atoms with E-state index in [9.17, 15) is 0 Å². The maximum Gasteiger partial charge on any atom is 0.237 e. The van der Waals surface area contributed by atoms with Gasteiger partial charge in [-0.2, -0.15) is 5.10 Å². The third-order valence-corrected chi connectivity index (χ3v) is 5.88. The minimum atomic E-state index is -0.519. The molecule has 32 heavy (non-hydrogen) atoms. The van der Waals surface area contributed by atoms with Crippen molar-refractivity contribution < 1.29 is 9.13 Å². The Hall–Kier alpha value is -3.95. The number of pyridine rings is 1. The van der Waals surface area contributed by atoms with Crippen LogP contribution in [0.2, 0.25) is 0 Å². The number of benzene rings is 1. The molecule has 0 saturated heterocycles. The number of halogens is 1. The Morgan fingerprint density at radius 2 is 2.09 bits per heavy atom. The summed E-state index contributed by atoms with van der Waals surface area (Å²) >= 11 is 0. The van der Waals surface area contributed by atoms with E-state index in [1.165, 1.54) is 6.20 Å². The third kappa shape index (κ3) is 3.06. The second kappa shape index (κ2) is 7.04. The van der Waals surface area contributed by atoms with Crippen LogP contribution in [-0.2, 0) is 0 Å². The molecule has 0 spiro atoms. The fourth-order valence-electron chi connectivity index (χ4n) is 4.00. The normalized spacial score (nSPS) is 15.2. The molecule has 10 heteroatoms. The quantitative estimate of drug-likeness (QED) is 0.417. The van der Waals surface area contributed by atoms with Crippen molar-refractivity contribution in [1.82, 2.24) is 24.7 Å². The van der Waals surface area contributed by atoms with Gasteiger partial charge in [0, 0.05) is 41.6 Å². The first-order chi connectivity index (χ1) is 15.6. The van der Waals surface area contributed by atoms with E-state index in [1.54, 1.807) is 18.5 Å². The number of fused-ring (bicyclic) bond motifs is 2. The van der Waals surface area contributed by atoms with Gasteiger partial charge in [0.15, 0.2) is 5.82 Å². The lowest BCUT2D eigenvalue weighted by Crippen LogP contribution is -2.20. The number of nitrogens with two attached hydrogens (primary N) is 1. The molecule has 1 aliphatic heterocycles. The highest BCUT2D eigenvalue weighted by Crippen LogP contribution is 2.39. The fraction of sp³-hybridized carbons (Fsp3) is 0.273. The molecule has 0 atom stereocenters. The molecule has 1 saturated carbocycles. The van der Waals surface area contributed by atoms with Gasteiger partial charge < -0.3 is 21.1 Å². The number of ether oxygens (including phenoxy) is 1. The van der Waals surface area contributed by atoms with E-state index < -0.39 is 5.82 Å². The van der Waals surface area contributed by atoms with Crippen molar-refractivity contribution in [1.29, 1.82) is 0 Å². The van der Waals surface area contributed by atoms with Gasteiger partial charge in [0.1, 0.15) is 12.3 Å². The highest BCUT2D eigenvalue weighted by atomic mass is 19.1. The molecule has 4 N–H and O–H groups in total. The number of nitrogens with zero attached hydrogens (tertiary/aromatic N) is 5. The molecule has 3 aromatic heterocycles. The van der Waals surface area contributed by atoms with Crippen molar-refractivity contribution >= 4 is 33.9 Å². The number of hydrogen-bond donors (Lipinski definition) is 3. The minimum absolute atomic E-state index is 0.00642. The van der Waals surface area contributed by atoms with Crippen LogP contribution in [0.5, 0.6) is 5.88 Å². The lowest BCUT2D eigenvalue weighted by Gasteiger charge is -2.22. The highest BCUT2D eigenvalue weighted by Gasteiger charge is 2.24. The molecular formula is C22H21FN8O. The summed E-state index contributed by atoms with van der Waals surface area (Å²) in [6.45, 7) is 3.12. The van der Waals surface area contributed by atoms with Crippen LogP contribution < -0.4 is 21.1 Å². The molecule has 9 nitrogen and oxygen atoms in total.